The van der Waals surface area contributed by atoms with Crippen LogP contribution in [0.5, 0.6) is 0 Å². The summed E-state index contributed by atoms with van der Waals surface area (Å²) in [5.41, 5.74) is 0.702. The van der Waals surface area contributed by atoms with E-state index < -0.39 is 16.7 Å². The molecule has 3 rings (SSSR count). The number of anilines is 1. The maximum Gasteiger partial charge on any atom is 0.269 e. The maximum atomic E-state index is 12.2. The highest BCUT2D eigenvalue weighted by Gasteiger charge is 2.36. The third kappa shape index (κ3) is 1.64. The van der Waals surface area contributed by atoms with Crippen LogP contribution in [0.15, 0.2) is 42.7 Å². The van der Waals surface area contributed by atoms with Crippen molar-refractivity contribution in [3.05, 3.63) is 64.0 Å². The summed E-state index contributed by atoms with van der Waals surface area (Å²) in [4.78, 5) is 39.2. The minimum Gasteiger partial charge on any atom is -0.268 e. The topological polar surface area (TPSA) is 93.4 Å². The number of amides is 2. The van der Waals surface area contributed by atoms with Crippen molar-refractivity contribution in [2.24, 2.45) is 0 Å². The van der Waals surface area contributed by atoms with Crippen molar-refractivity contribution in [3.8, 4) is 0 Å². The second kappa shape index (κ2) is 4.23. The highest BCUT2D eigenvalue weighted by molar-refractivity contribution is 6.34. The number of benzene rings is 1. The van der Waals surface area contributed by atoms with E-state index in [0.717, 1.165) is 4.90 Å². The molecule has 0 atom stereocenters. The van der Waals surface area contributed by atoms with Crippen LogP contribution in [0.4, 0.5) is 11.4 Å². The number of rotatable bonds is 2. The summed E-state index contributed by atoms with van der Waals surface area (Å²) in [5.74, 6) is -0.937. The molecule has 0 saturated carbocycles. The SMILES string of the molecule is O=C1c2ccncc2C(=O)N1c1ccc([N+](=O)[O-])cc1. The molecule has 7 nitrogen and oxygen atoms in total. The fourth-order valence-corrected chi connectivity index (χ4v) is 2.04. The van der Waals surface area contributed by atoms with Crippen molar-refractivity contribution >= 4 is 23.2 Å². The van der Waals surface area contributed by atoms with Gasteiger partial charge in [-0.3, -0.25) is 24.7 Å². The van der Waals surface area contributed by atoms with Crippen LogP contribution < -0.4 is 4.90 Å². The van der Waals surface area contributed by atoms with Crippen LogP contribution in [0, 0.1) is 10.1 Å². The molecule has 20 heavy (non-hydrogen) atoms. The van der Waals surface area contributed by atoms with Gasteiger partial charge in [-0.05, 0) is 18.2 Å². The van der Waals surface area contributed by atoms with Gasteiger partial charge in [0.1, 0.15) is 0 Å². The molecular weight excluding hydrogens is 262 g/mol. The van der Waals surface area contributed by atoms with E-state index in [9.17, 15) is 19.7 Å². The Morgan fingerprint density at radius 2 is 1.65 bits per heavy atom. The van der Waals surface area contributed by atoms with Gasteiger partial charge in [-0.25, -0.2) is 4.90 Å². The monoisotopic (exact) mass is 269 g/mol. The minimum absolute atomic E-state index is 0.105. The van der Waals surface area contributed by atoms with Crippen molar-refractivity contribution < 1.29 is 14.5 Å². The van der Waals surface area contributed by atoms with Crippen molar-refractivity contribution in [1.82, 2.24) is 4.98 Å². The van der Waals surface area contributed by atoms with Crippen LogP contribution in [0.3, 0.4) is 0 Å². The van der Waals surface area contributed by atoms with Crippen LogP contribution in [0.25, 0.3) is 0 Å². The van der Waals surface area contributed by atoms with Gasteiger partial charge in [0.15, 0.2) is 0 Å². The number of aromatic nitrogens is 1. The molecule has 0 N–H and O–H groups in total. The van der Waals surface area contributed by atoms with E-state index in [1.807, 2.05) is 0 Å². The van der Waals surface area contributed by atoms with E-state index >= 15 is 0 Å². The Morgan fingerprint density at radius 3 is 2.25 bits per heavy atom. The van der Waals surface area contributed by atoms with E-state index in [2.05, 4.69) is 4.98 Å². The molecule has 0 fully saturated rings. The fraction of sp³-hybridized carbons (Fsp3) is 0. The fourth-order valence-electron chi connectivity index (χ4n) is 2.04. The molecule has 2 amide bonds. The first kappa shape index (κ1) is 12.0. The Kier molecular flexibility index (Phi) is 2.53. The summed E-state index contributed by atoms with van der Waals surface area (Å²) in [7, 11) is 0. The number of carbonyl (C=O) groups is 2. The van der Waals surface area contributed by atoms with Gasteiger partial charge in [-0.1, -0.05) is 0 Å². The number of nitro groups is 1. The normalized spacial score (nSPS) is 13.5. The lowest BCUT2D eigenvalue weighted by Gasteiger charge is -2.13. The van der Waals surface area contributed by atoms with E-state index in [4.69, 9.17) is 0 Å². The minimum atomic E-state index is -0.546. The quantitative estimate of drug-likeness (QED) is 0.470. The molecule has 1 aliphatic rings. The standard InChI is InChI=1S/C13H7N3O4/c17-12-10-5-6-14-7-11(10)13(18)15(12)8-1-3-9(4-2-8)16(19)20/h1-7H. The molecule has 2 aromatic rings. The molecule has 1 aromatic heterocycles. The van der Waals surface area contributed by atoms with Gasteiger partial charge in [-0.2, -0.15) is 0 Å². The molecule has 2 heterocycles. The Bertz CT molecular complexity index is 705. The zero-order valence-corrected chi connectivity index (χ0v) is 10.0. The zero-order chi connectivity index (χ0) is 14.3. The summed E-state index contributed by atoms with van der Waals surface area (Å²) in [6.07, 6.45) is 2.77. The largest absolute Gasteiger partial charge is 0.269 e. The molecule has 0 aliphatic carbocycles. The van der Waals surface area contributed by atoms with Gasteiger partial charge in [0.25, 0.3) is 17.5 Å². The summed E-state index contributed by atoms with van der Waals surface area (Å²) in [6.45, 7) is 0. The second-order valence-corrected chi connectivity index (χ2v) is 4.14. The number of hydrogen-bond acceptors (Lipinski definition) is 5. The van der Waals surface area contributed by atoms with Crippen molar-refractivity contribution in [1.29, 1.82) is 0 Å². The molecular formula is C13H7N3O4. The van der Waals surface area contributed by atoms with Crippen molar-refractivity contribution in [2.75, 3.05) is 4.90 Å². The van der Waals surface area contributed by atoms with Crippen LogP contribution in [0.2, 0.25) is 0 Å². The number of non-ortho nitro benzene ring substituents is 1. The molecule has 0 radical (unpaired) electrons. The van der Waals surface area contributed by atoms with Gasteiger partial charge < -0.3 is 0 Å². The van der Waals surface area contributed by atoms with Crippen molar-refractivity contribution in [2.45, 2.75) is 0 Å². The van der Waals surface area contributed by atoms with Gasteiger partial charge in [-0.15, -0.1) is 0 Å². The predicted octanol–water partition coefficient (Wildman–Crippen LogP) is 1.79. The first-order chi connectivity index (χ1) is 9.59. The molecule has 7 heteroatoms. The van der Waals surface area contributed by atoms with E-state index in [1.54, 1.807) is 0 Å². The third-order valence-electron chi connectivity index (χ3n) is 3.01. The predicted molar refractivity (Wildman–Crippen MR) is 68.5 cm³/mol. The third-order valence-corrected chi connectivity index (χ3v) is 3.01. The number of hydrogen-bond donors (Lipinski definition) is 0. The van der Waals surface area contributed by atoms with Crippen LogP contribution in [0.1, 0.15) is 20.7 Å². The lowest BCUT2D eigenvalue weighted by atomic mass is 10.2. The summed E-state index contributed by atoms with van der Waals surface area (Å²) < 4.78 is 0. The first-order valence-corrected chi connectivity index (χ1v) is 5.67. The number of pyridine rings is 1. The molecule has 1 aromatic carbocycles. The van der Waals surface area contributed by atoms with Gasteiger partial charge in [0, 0.05) is 24.5 Å². The molecule has 98 valence electrons. The lowest BCUT2D eigenvalue weighted by Crippen LogP contribution is -2.29. The molecule has 0 bridgehead atoms. The van der Waals surface area contributed by atoms with Gasteiger partial charge in [0.2, 0.25) is 0 Å². The highest BCUT2D eigenvalue weighted by Crippen LogP contribution is 2.28. The summed E-state index contributed by atoms with van der Waals surface area (Å²) in [6, 6.07) is 6.70. The van der Waals surface area contributed by atoms with Crippen LogP contribution >= 0.6 is 0 Å². The average molecular weight is 269 g/mol. The number of imide groups is 1. The van der Waals surface area contributed by atoms with E-state index in [-0.39, 0.29) is 16.8 Å². The Labute approximate surface area is 112 Å². The average Bonchev–Trinajstić information content (AvgIpc) is 2.72. The number of nitrogens with zero attached hydrogens (tertiary/aromatic N) is 3. The summed E-state index contributed by atoms with van der Waals surface area (Å²) in [5, 5.41) is 10.6. The first-order valence-electron chi connectivity index (χ1n) is 5.67. The molecule has 0 saturated heterocycles. The van der Waals surface area contributed by atoms with Crippen LogP contribution in [-0.2, 0) is 0 Å². The molecule has 0 unspecified atom stereocenters. The molecule has 1 aliphatic heterocycles. The molecule has 0 spiro atoms. The maximum absolute atomic E-state index is 12.2. The number of carbonyl (C=O) groups excluding carboxylic acids is 2. The number of fused-ring (bicyclic) bond motifs is 1. The summed E-state index contributed by atoms with van der Waals surface area (Å²) >= 11 is 0. The van der Waals surface area contributed by atoms with Crippen molar-refractivity contribution in [3.63, 3.8) is 0 Å². The highest BCUT2D eigenvalue weighted by atomic mass is 16.6. The Hall–Kier alpha value is -3.09. The second-order valence-electron chi connectivity index (χ2n) is 4.14. The Morgan fingerprint density at radius 1 is 1.00 bits per heavy atom. The lowest BCUT2D eigenvalue weighted by molar-refractivity contribution is -0.384. The van der Waals surface area contributed by atoms with E-state index in [1.165, 1.54) is 42.7 Å². The van der Waals surface area contributed by atoms with Crippen LogP contribution in [-0.4, -0.2) is 21.7 Å². The van der Waals surface area contributed by atoms with Gasteiger partial charge in [0.05, 0.1) is 21.7 Å². The zero-order valence-electron chi connectivity index (χ0n) is 10.0. The van der Waals surface area contributed by atoms with E-state index in [0.29, 0.717) is 5.69 Å². The Balaban J connectivity index is 2.02. The smallest absolute Gasteiger partial charge is 0.268 e. The van der Waals surface area contributed by atoms with Gasteiger partial charge >= 0.3 is 0 Å². The number of nitro benzene ring substituents is 1.